The highest BCUT2D eigenvalue weighted by Gasteiger charge is 2.49. The van der Waals surface area contributed by atoms with Crippen LogP contribution in [0.1, 0.15) is 22.3 Å². The van der Waals surface area contributed by atoms with Gasteiger partial charge in [-0.3, -0.25) is 0 Å². The Bertz CT molecular complexity index is 1180. The fourth-order valence-electron chi connectivity index (χ4n) is 4.96. The number of anilines is 2. The van der Waals surface area contributed by atoms with Crippen LogP contribution < -0.4 is 5.32 Å². The van der Waals surface area contributed by atoms with Gasteiger partial charge in [0, 0.05) is 15.8 Å². The van der Waals surface area contributed by atoms with Crippen LogP contribution in [0.15, 0.2) is 95.5 Å². The van der Waals surface area contributed by atoms with Gasteiger partial charge in [-0.2, -0.15) is 0 Å². The fraction of sp³-hybridized carbons (Fsp3) is 0.0400. The maximum absolute atomic E-state index is 3.72. The van der Waals surface area contributed by atoms with Crippen molar-refractivity contribution in [2.24, 2.45) is 0 Å². The Kier molecular flexibility index (Phi) is 3.01. The van der Waals surface area contributed by atoms with Crippen LogP contribution in [0.3, 0.4) is 0 Å². The lowest BCUT2D eigenvalue weighted by Gasteiger charge is -2.40. The third-order valence-corrected chi connectivity index (χ3v) is 6.43. The predicted octanol–water partition coefficient (Wildman–Crippen LogP) is 6.87. The van der Waals surface area contributed by atoms with Crippen LogP contribution in [0.4, 0.5) is 11.4 Å². The average molecular weight is 410 g/mol. The van der Waals surface area contributed by atoms with E-state index in [0.29, 0.717) is 0 Å². The van der Waals surface area contributed by atoms with Gasteiger partial charge in [-0.25, -0.2) is 0 Å². The van der Waals surface area contributed by atoms with Gasteiger partial charge in [0.2, 0.25) is 0 Å². The molecule has 1 spiro atoms. The summed E-state index contributed by atoms with van der Waals surface area (Å²) in [6.07, 6.45) is 0. The summed E-state index contributed by atoms with van der Waals surface area (Å²) >= 11 is 3.72. The predicted molar refractivity (Wildman–Crippen MR) is 115 cm³/mol. The van der Waals surface area contributed by atoms with Crippen molar-refractivity contribution in [3.63, 3.8) is 0 Å². The molecule has 0 unspecified atom stereocenters. The van der Waals surface area contributed by atoms with Gasteiger partial charge in [-0.15, -0.1) is 0 Å². The van der Waals surface area contributed by atoms with E-state index in [4.69, 9.17) is 0 Å². The first-order valence-electron chi connectivity index (χ1n) is 9.16. The third-order valence-electron chi connectivity index (χ3n) is 5.94. The van der Waals surface area contributed by atoms with Gasteiger partial charge >= 0.3 is 0 Å². The molecule has 27 heavy (non-hydrogen) atoms. The molecule has 128 valence electrons. The van der Waals surface area contributed by atoms with Crippen LogP contribution in [0.25, 0.3) is 11.1 Å². The number of para-hydroxylation sites is 2. The standard InChI is InChI=1S/C25H16BrN/c26-16-13-14-18-17-7-1-2-8-19(17)25(22(18)15-16)20-9-3-5-11-23(20)27-24-12-6-4-10-21(24)25/h1-15,27H. The zero-order valence-electron chi connectivity index (χ0n) is 14.5. The SMILES string of the molecule is Brc1ccc2c(c1)C1(c3ccccc3Nc3ccccc31)c1ccccc1-2. The van der Waals surface area contributed by atoms with E-state index < -0.39 is 0 Å². The molecule has 4 aromatic rings. The first-order chi connectivity index (χ1) is 13.3. The highest BCUT2D eigenvalue weighted by molar-refractivity contribution is 9.10. The van der Waals surface area contributed by atoms with Crippen molar-refractivity contribution in [1.29, 1.82) is 0 Å². The first-order valence-corrected chi connectivity index (χ1v) is 9.95. The number of nitrogens with one attached hydrogen (secondary N) is 1. The van der Waals surface area contributed by atoms with Crippen LogP contribution in [0.2, 0.25) is 0 Å². The van der Waals surface area contributed by atoms with E-state index in [0.717, 1.165) is 4.47 Å². The molecule has 0 saturated heterocycles. The Morgan fingerprint density at radius 1 is 0.556 bits per heavy atom. The van der Waals surface area contributed by atoms with Gasteiger partial charge in [0.05, 0.1) is 5.41 Å². The topological polar surface area (TPSA) is 12.0 Å². The molecule has 0 amide bonds. The Labute approximate surface area is 166 Å². The maximum atomic E-state index is 3.72. The summed E-state index contributed by atoms with van der Waals surface area (Å²) in [5.74, 6) is 0. The van der Waals surface area contributed by atoms with Crippen molar-refractivity contribution < 1.29 is 0 Å². The van der Waals surface area contributed by atoms with Crippen LogP contribution in [0, 0.1) is 0 Å². The molecule has 1 N–H and O–H groups in total. The largest absolute Gasteiger partial charge is 0.355 e. The molecule has 6 rings (SSSR count). The van der Waals surface area contributed by atoms with Crippen molar-refractivity contribution in [3.8, 4) is 11.1 Å². The molecule has 0 fully saturated rings. The zero-order valence-corrected chi connectivity index (χ0v) is 16.1. The summed E-state index contributed by atoms with van der Waals surface area (Å²) < 4.78 is 1.11. The van der Waals surface area contributed by atoms with E-state index in [1.54, 1.807) is 0 Å². The van der Waals surface area contributed by atoms with E-state index in [2.05, 4.69) is 112 Å². The Morgan fingerprint density at radius 3 is 1.81 bits per heavy atom. The monoisotopic (exact) mass is 409 g/mol. The van der Waals surface area contributed by atoms with E-state index >= 15 is 0 Å². The number of fused-ring (bicyclic) bond motifs is 9. The Balaban J connectivity index is 1.87. The minimum Gasteiger partial charge on any atom is -0.355 e. The van der Waals surface area contributed by atoms with Gasteiger partial charge in [0.25, 0.3) is 0 Å². The summed E-state index contributed by atoms with van der Waals surface area (Å²) in [7, 11) is 0. The van der Waals surface area contributed by atoms with Crippen LogP contribution in [-0.4, -0.2) is 0 Å². The molecular weight excluding hydrogens is 394 g/mol. The molecule has 0 radical (unpaired) electrons. The molecule has 0 bridgehead atoms. The number of hydrogen-bond donors (Lipinski definition) is 1. The minimum absolute atomic E-state index is 0.297. The van der Waals surface area contributed by atoms with E-state index in [1.807, 2.05) is 0 Å². The average Bonchev–Trinajstić information content (AvgIpc) is 2.99. The lowest BCUT2D eigenvalue weighted by Crippen LogP contribution is -2.33. The third kappa shape index (κ3) is 1.84. The molecule has 1 aliphatic carbocycles. The molecular formula is C25H16BrN. The maximum Gasteiger partial charge on any atom is 0.0754 e. The second kappa shape index (κ2) is 5.34. The van der Waals surface area contributed by atoms with Gasteiger partial charge in [-0.05, 0) is 57.6 Å². The van der Waals surface area contributed by atoms with E-state index in [9.17, 15) is 0 Å². The molecule has 0 saturated carbocycles. The quantitative estimate of drug-likeness (QED) is 0.288. The fourth-order valence-corrected chi connectivity index (χ4v) is 5.32. The van der Waals surface area contributed by atoms with Gasteiger partial charge in [-0.1, -0.05) is 82.7 Å². The molecule has 1 aliphatic heterocycles. The summed E-state index contributed by atoms with van der Waals surface area (Å²) in [5, 5.41) is 3.66. The summed E-state index contributed by atoms with van der Waals surface area (Å²) in [4.78, 5) is 0. The Morgan fingerprint density at radius 2 is 1.11 bits per heavy atom. The highest BCUT2D eigenvalue weighted by atomic mass is 79.9. The molecule has 1 nitrogen and oxygen atoms in total. The van der Waals surface area contributed by atoms with E-state index in [1.165, 1.54) is 44.8 Å². The second-order valence-electron chi connectivity index (χ2n) is 7.20. The molecule has 0 atom stereocenters. The molecule has 2 aliphatic rings. The number of halogens is 1. The molecule has 0 aromatic heterocycles. The molecule has 1 heterocycles. The number of benzene rings is 4. The first kappa shape index (κ1) is 15.2. The zero-order chi connectivity index (χ0) is 18.0. The second-order valence-corrected chi connectivity index (χ2v) is 8.12. The molecule has 4 aromatic carbocycles. The number of hydrogen-bond acceptors (Lipinski definition) is 1. The highest BCUT2D eigenvalue weighted by Crippen LogP contribution is 2.61. The summed E-state index contributed by atoms with van der Waals surface area (Å²) in [6.45, 7) is 0. The number of rotatable bonds is 0. The van der Waals surface area contributed by atoms with Crippen molar-refractivity contribution in [1.82, 2.24) is 0 Å². The smallest absolute Gasteiger partial charge is 0.0754 e. The lowest BCUT2D eigenvalue weighted by atomic mass is 9.65. The lowest BCUT2D eigenvalue weighted by molar-refractivity contribution is 0.762. The van der Waals surface area contributed by atoms with Crippen LogP contribution in [-0.2, 0) is 5.41 Å². The van der Waals surface area contributed by atoms with Crippen LogP contribution in [0.5, 0.6) is 0 Å². The van der Waals surface area contributed by atoms with Crippen molar-refractivity contribution in [2.75, 3.05) is 5.32 Å². The minimum atomic E-state index is -0.297. The normalized spacial score (nSPS) is 14.7. The van der Waals surface area contributed by atoms with Crippen LogP contribution >= 0.6 is 15.9 Å². The van der Waals surface area contributed by atoms with Gasteiger partial charge in [0.1, 0.15) is 0 Å². The molecule has 2 heteroatoms. The summed E-state index contributed by atoms with van der Waals surface area (Å²) in [5.41, 5.74) is 10.0. The van der Waals surface area contributed by atoms with Crippen molar-refractivity contribution >= 4 is 27.3 Å². The Hall–Kier alpha value is -2.84. The summed E-state index contributed by atoms with van der Waals surface area (Å²) in [6, 6.07) is 33.0. The van der Waals surface area contributed by atoms with Gasteiger partial charge in [0.15, 0.2) is 0 Å². The van der Waals surface area contributed by atoms with Crippen molar-refractivity contribution in [3.05, 3.63) is 118 Å². The van der Waals surface area contributed by atoms with Crippen molar-refractivity contribution in [2.45, 2.75) is 5.41 Å². The van der Waals surface area contributed by atoms with E-state index in [-0.39, 0.29) is 5.41 Å². The van der Waals surface area contributed by atoms with Gasteiger partial charge < -0.3 is 5.32 Å².